The Bertz CT molecular complexity index is 1180. The fraction of sp³-hybridized carbons (Fsp3) is 0.778. The van der Waals surface area contributed by atoms with Crippen LogP contribution in [0.1, 0.15) is 104 Å². The molecule has 0 bridgehead atoms. The van der Waals surface area contributed by atoms with Gasteiger partial charge < -0.3 is 9.84 Å². The minimum Gasteiger partial charge on any atom is -0.393 e. The highest BCUT2D eigenvalue weighted by Gasteiger charge is 2.82. The smallest absolute Gasteiger partial charge is 0.0765 e. The Kier molecular flexibility index (Phi) is 5.53. The third kappa shape index (κ3) is 3.33. The molecular formula is C36H51NO2. The molecule has 6 fully saturated rings. The number of rotatable bonds is 2. The van der Waals surface area contributed by atoms with E-state index in [2.05, 4.69) is 62.9 Å². The number of nitrogens with zero attached hydrogens (tertiary/aromatic N) is 1. The van der Waals surface area contributed by atoms with Crippen molar-refractivity contribution in [2.24, 2.45) is 39.9 Å². The van der Waals surface area contributed by atoms with E-state index >= 15 is 0 Å². The number of likely N-dealkylation sites (tertiary alicyclic amines) is 1. The zero-order chi connectivity index (χ0) is 26.8. The number of hydrogen-bond acceptors (Lipinski definition) is 3. The minimum absolute atomic E-state index is 0.0139. The highest BCUT2D eigenvalue weighted by Crippen LogP contribution is 2.90. The first kappa shape index (κ1) is 25.5. The summed E-state index contributed by atoms with van der Waals surface area (Å²) in [5.74, 6) is 2.80. The Morgan fingerprint density at radius 3 is 2.64 bits per heavy atom. The molecule has 7 aliphatic rings. The number of benzene rings is 1. The van der Waals surface area contributed by atoms with Crippen molar-refractivity contribution in [3.8, 4) is 0 Å². The average Bonchev–Trinajstić information content (AvgIpc) is 3.44. The lowest BCUT2D eigenvalue weighted by Gasteiger charge is -2.53. The van der Waals surface area contributed by atoms with Crippen LogP contribution < -0.4 is 0 Å². The van der Waals surface area contributed by atoms with Crippen LogP contribution in [-0.2, 0) is 11.3 Å². The van der Waals surface area contributed by atoms with Gasteiger partial charge in [-0.05, 0) is 117 Å². The minimum atomic E-state index is -0.0490. The third-order valence-corrected chi connectivity index (χ3v) is 14.4. The molecule has 0 amide bonds. The number of allylic oxidation sites excluding steroid dienone is 1. The van der Waals surface area contributed by atoms with Crippen molar-refractivity contribution in [2.45, 2.75) is 129 Å². The van der Waals surface area contributed by atoms with Crippen LogP contribution in [0.25, 0.3) is 0 Å². The summed E-state index contributed by atoms with van der Waals surface area (Å²) < 4.78 is 7.35. The number of fused-ring (bicyclic) bond motifs is 3. The van der Waals surface area contributed by atoms with Gasteiger partial charge >= 0.3 is 0 Å². The van der Waals surface area contributed by atoms with Gasteiger partial charge in [-0.3, -0.25) is 4.90 Å². The molecule has 1 N–H and O–H groups in total. The predicted molar refractivity (Wildman–Crippen MR) is 156 cm³/mol. The lowest BCUT2D eigenvalue weighted by atomic mass is 9.52. The molecule has 1 aromatic rings. The Balaban J connectivity index is 1.09. The third-order valence-electron chi connectivity index (χ3n) is 14.4. The van der Waals surface area contributed by atoms with E-state index in [1.165, 1.54) is 63.5 Å². The van der Waals surface area contributed by atoms with Crippen LogP contribution in [0.3, 0.4) is 0 Å². The first-order valence-corrected chi connectivity index (χ1v) is 16.5. The first-order chi connectivity index (χ1) is 18.7. The van der Waals surface area contributed by atoms with Crippen molar-refractivity contribution >= 4 is 0 Å². The SMILES string of the molecule is CC1=C2CC34CC3(CCC3CC(O)CCC34C)C2CCC2(C1)OC1CC(C)CN(Cc3ccccc3)C1C2C. The van der Waals surface area contributed by atoms with Crippen molar-refractivity contribution in [2.75, 3.05) is 6.54 Å². The standard InChI is InChI=1S/C36H51NO2/c1-23-16-31-32(37(20-23)21-26-8-6-5-7-9-26)25(3)35(39-31)15-12-30-29(24(2)18-35)19-36-22-34(30,36)14-10-27-17-28(38)11-13-33(27,36)4/h5-9,23,25,27-28,30-32,38H,10-22H2,1-4H3. The zero-order valence-corrected chi connectivity index (χ0v) is 24.9. The van der Waals surface area contributed by atoms with Gasteiger partial charge in [0.15, 0.2) is 0 Å². The number of ether oxygens (including phenoxy) is 1. The monoisotopic (exact) mass is 529 g/mol. The maximum Gasteiger partial charge on any atom is 0.0765 e. The van der Waals surface area contributed by atoms with Crippen LogP contribution in [0.2, 0.25) is 0 Å². The summed E-state index contributed by atoms with van der Waals surface area (Å²) in [5.41, 5.74) is 6.57. The summed E-state index contributed by atoms with van der Waals surface area (Å²) in [6, 6.07) is 11.7. The molecule has 0 aromatic heterocycles. The molecule has 3 heteroatoms. The Hall–Kier alpha value is -1.16. The summed E-state index contributed by atoms with van der Waals surface area (Å²) in [6.45, 7) is 12.4. The molecule has 11 atom stereocenters. The van der Waals surface area contributed by atoms with Gasteiger partial charge in [-0.2, -0.15) is 0 Å². The van der Waals surface area contributed by atoms with Gasteiger partial charge in [0.1, 0.15) is 0 Å². The van der Waals surface area contributed by atoms with E-state index in [1.54, 1.807) is 5.57 Å². The number of hydrogen-bond donors (Lipinski definition) is 1. The van der Waals surface area contributed by atoms with Gasteiger partial charge in [-0.15, -0.1) is 0 Å². The molecule has 4 saturated carbocycles. The molecule has 2 saturated heterocycles. The van der Waals surface area contributed by atoms with E-state index in [0.29, 0.717) is 40.2 Å². The summed E-state index contributed by atoms with van der Waals surface area (Å²) in [6.07, 6.45) is 14.2. The molecule has 8 rings (SSSR count). The van der Waals surface area contributed by atoms with Crippen molar-refractivity contribution in [1.82, 2.24) is 4.90 Å². The molecule has 0 radical (unpaired) electrons. The van der Waals surface area contributed by atoms with E-state index in [9.17, 15) is 5.11 Å². The molecule has 212 valence electrons. The van der Waals surface area contributed by atoms with E-state index < -0.39 is 0 Å². The van der Waals surface area contributed by atoms with Crippen LogP contribution in [0.5, 0.6) is 0 Å². The number of aliphatic hydroxyl groups excluding tert-OH is 1. The molecule has 39 heavy (non-hydrogen) atoms. The van der Waals surface area contributed by atoms with Crippen LogP contribution in [0.15, 0.2) is 41.5 Å². The molecule has 3 nitrogen and oxygen atoms in total. The van der Waals surface area contributed by atoms with Crippen LogP contribution in [0.4, 0.5) is 0 Å². The van der Waals surface area contributed by atoms with Crippen LogP contribution in [-0.4, -0.2) is 40.4 Å². The summed E-state index contributed by atoms with van der Waals surface area (Å²) in [7, 11) is 0. The Morgan fingerprint density at radius 2 is 1.82 bits per heavy atom. The summed E-state index contributed by atoms with van der Waals surface area (Å²) in [4.78, 5) is 2.80. The van der Waals surface area contributed by atoms with Crippen LogP contribution in [0, 0.1) is 39.9 Å². The van der Waals surface area contributed by atoms with Gasteiger partial charge in [-0.1, -0.05) is 62.2 Å². The molecule has 11 unspecified atom stereocenters. The number of aliphatic hydroxyl groups is 1. The van der Waals surface area contributed by atoms with Crippen molar-refractivity contribution in [1.29, 1.82) is 0 Å². The van der Waals surface area contributed by atoms with Crippen molar-refractivity contribution < 1.29 is 9.84 Å². The zero-order valence-electron chi connectivity index (χ0n) is 24.9. The molecular weight excluding hydrogens is 478 g/mol. The maximum absolute atomic E-state index is 10.5. The normalized spacial score (nSPS) is 52.5. The summed E-state index contributed by atoms with van der Waals surface area (Å²) >= 11 is 0. The lowest BCUT2D eigenvalue weighted by Crippen LogP contribution is -2.51. The topological polar surface area (TPSA) is 32.7 Å². The second kappa shape index (κ2) is 8.45. The summed E-state index contributed by atoms with van der Waals surface area (Å²) in [5, 5.41) is 10.5. The fourth-order valence-corrected chi connectivity index (χ4v) is 12.6. The highest BCUT2D eigenvalue weighted by molar-refractivity contribution is 5.42. The lowest BCUT2D eigenvalue weighted by molar-refractivity contribution is -0.0846. The van der Waals surface area contributed by atoms with E-state index in [0.717, 1.165) is 37.6 Å². The Morgan fingerprint density at radius 1 is 1.00 bits per heavy atom. The van der Waals surface area contributed by atoms with Gasteiger partial charge in [0.2, 0.25) is 0 Å². The number of piperidine rings is 1. The van der Waals surface area contributed by atoms with Crippen molar-refractivity contribution in [3.63, 3.8) is 0 Å². The molecule has 1 aromatic carbocycles. The highest BCUT2D eigenvalue weighted by atomic mass is 16.5. The van der Waals surface area contributed by atoms with E-state index in [4.69, 9.17) is 4.74 Å². The van der Waals surface area contributed by atoms with Gasteiger partial charge in [0.05, 0.1) is 17.8 Å². The van der Waals surface area contributed by atoms with Gasteiger partial charge in [0, 0.05) is 25.0 Å². The van der Waals surface area contributed by atoms with Gasteiger partial charge in [-0.25, -0.2) is 0 Å². The maximum atomic E-state index is 10.5. The van der Waals surface area contributed by atoms with Crippen LogP contribution >= 0.6 is 0 Å². The molecule has 5 aliphatic carbocycles. The fourth-order valence-electron chi connectivity index (χ4n) is 12.6. The molecule has 2 aliphatic heterocycles. The first-order valence-electron chi connectivity index (χ1n) is 16.5. The Labute approximate surface area is 236 Å². The quantitative estimate of drug-likeness (QED) is 0.402. The predicted octanol–water partition coefficient (Wildman–Crippen LogP) is 7.53. The van der Waals surface area contributed by atoms with Crippen molar-refractivity contribution in [3.05, 3.63) is 47.0 Å². The van der Waals surface area contributed by atoms with E-state index in [-0.39, 0.29) is 11.7 Å². The van der Waals surface area contributed by atoms with Gasteiger partial charge in [0.25, 0.3) is 0 Å². The largest absolute Gasteiger partial charge is 0.393 e. The van der Waals surface area contributed by atoms with E-state index in [1.807, 2.05) is 5.57 Å². The molecule has 1 spiro atoms. The second-order valence-corrected chi connectivity index (χ2v) is 16.0. The second-order valence-electron chi connectivity index (χ2n) is 16.0. The average molecular weight is 530 g/mol. The molecule has 2 heterocycles.